The second-order valence-electron chi connectivity index (χ2n) is 5.56. The fourth-order valence-corrected chi connectivity index (χ4v) is 3.72. The van der Waals surface area contributed by atoms with Crippen molar-refractivity contribution in [2.24, 2.45) is 0 Å². The second-order valence-corrected chi connectivity index (χ2v) is 7.31. The highest BCUT2D eigenvalue weighted by molar-refractivity contribution is 7.88. The van der Waals surface area contributed by atoms with Gasteiger partial charge in [-0.15, -0.1) is 0 Å². The van der Waals surface area contributed by atoms with Crippen molar-refractivity contribution in [1.82, 2.24) is 9.71 Å². The summed E-state index contributed by atoms with van der Waals surface area (Å²) in [5.74, 6) is 0.101. The van der Waals surface area contributed by atoms with E-state index in [1.807, 2.05) is 0 Å². The molecule has 2 N–H and O–H groups in total. The molecule has 0 atom stereocenters. The average Bonchev–Trinajstić information content (AvgIpc) is 2.47. The normalized spacial score (nSPS) is 17.7. The lowest BCUT2D eigenvalue weighted by atomic mass is 9.82. The van der Waals surface area contributed by atoms with Crippen LogP contribution in [0.25, 0.3) is 0 Å². The van der Waals surface area contributed by atoms with Crippen LogP contribution in [0.3, 0.4) is 0 Å². The summed E-state index contributed by atoms with van der Waals surface area (Å²) in [5, 5.41) is 2.74. The highest BCUT2D eigenvalue weighted by Gasteiger charge is 2.41. The smallest absolute Gasteiger partial charge is 0.245 e. The van der Waals surface area contributed by atoms with Crippen LogP contribution in [-0.2, 0) is 14.8 Å². The van der Waals surface area contributed by atoms with Crippen molar-refractivity contribution in [2.45, 2.75) is 37.6 Å². The zero-order valence-electron chi connectivity index (χ0n) is 12.8. The zero-order chi connectivity index (χ0) is 16.2. The molecule has 8 heteroatoms. The first kappa shape index (κ1) is 16.7. The number of ether oxygens (including phenoxy) is 1. The number of anilines is 1. The van der Waals surface area contributed by atoms with Crippen LogP contribution in [0.1, 0.15) is 32.1 Å². The first-order valence-electron chi connectivity index (χ1n) is 7.15. The van der Waals surface area contributed by atoms with E-state index < -0.39 is 15.6 Å². The van der Waals surface area contributed by atoms with E-state index in [-0.39, 0.29) is 5.91 Å². The predicted octanol–water partition coefficient (Wildman–Crippen LogP) is 1.28. The predicted molar refractivity (Wildman–Crippen MR) is 83.2 cm³/mol. The zero-order valence-corrected chi connectivity index (χ0v) is 13.6. The number of carbonyl (C=O) groups is 1. The Labute approximate surface area is 130 Å². The van der Waals surface area contributed by atoms with Gasteiger partial charge in [0.25, 0.3) is 0 Å². The van der Waals surface area contributed by atoms with Crippen LogP contribution in [0.2, 0.25) is 0 Å². The number of pyridine rings is 1. The third kappa shape index (κ3) is 4.17. The minimum Gasteiger partial charge on any atom is -0.481 e. The van der Waals surface area contributed by atoms with Gasteiger partial charge in [0.2, 0.25) is 21.8 Å². The van der Waals surface area contributed by atoms with E-state index in [2.05, 4.69) is 15.0 Å². The molecule has 2 rings (SSSR count). The summed E-state index contributed by atoms with van der Waals surface area (Å²) in [6, 6.07) is 3.30. The molecule has 1 saturated carbocycles. The van der Waals surface area contributed by atoms with Crippen LogP contribution in [0.4, 0.5) is 5.69 Å². The first-order chi connectivity index (χ1) is 10.3. The molecule has 22 heavy (non-hydrogen) atoms. The second kappa shape index (κ2) is 6.62. The van der Waals surface area contributed by atoms with Gasteiger partial charge in [0.05, 0.1) is 25.2 Å². The van der Waals surface area contributed by atoms with Crippen LogP contribution in [0, 0.1) is 0 Å². The molecule has 1 aromatic rings. The molecule has 0 saturated heterocycles. The molecule has 1 aromatic heterocycles. The molecule has 1 amide bonds. The van der Waals surface area contributed by atoms with Gasteiger partial charge in [-0.05, 0) is 18.9 Å². The SMILES string of the molecule is COc1ccc(NC(=O)C2(NS(C)(=O)=O)CCCCC2)cn1. The number of sulfonamides is 1. The third-order valence-corrected chi connectivity index (χ3v) is 4.49. The molecular formula is C14H21N3O4S. The fraction of sp³-hybridized carbons (Fsp3) is 0.571. The molecule has 0 spiro atoms. The molecule has 0 radical (unpaired) electrons. The maximum atomic E-state index is 12.6. The molecule has 1 aliphatic rings. The maximum Gasteiger partial charge on any atom is 0.245 e. The number of amides is 1. The molecular weight excluding hydrogens is 306 g/mol. The molecule has 0 bridgehead atoms. The number of nitrogens with one attached hydrogen (secondary N) is 2. The Bertz CT molecular complexity index is 622. The largest absolute Gasteiger partial charge is 0.481 e. The number of aromatic nitrogens is 1. The monoisotopic (exact) mass is 327 g/mol. The van der Waals surface area contributed by atoms with E-state index in [0.717, 1.165) is 25.5 Å². The molecule has 1 heterocycles. The number of hydrogen-bond acceptors (Lipinski definition) is 5. The highest BCUT2D eigenvalue weighted by Crippen LogP contribution is 2.30. The summed E-state index contributed by atoms with van der Waals surface area (Å²) in [4.78, 5) is 16.6. The first-order valence-corrected chi connectivity index (χ1v) is 9.04. The van der Waals surface area contributed by atoms with E-state index in [4.69, 9.17) is 4.74 Å². The lowest BCUT2D eigenvalue weighted by molar-refractivity contribution is -0.122. The quantitative estimate of drug-likeness (QED) is 0.849. The van der Waals surface area contributed by atoms with E-state index >= 15 is 0 Å². The highest BCUT2D eigenvalue weighted by atomic mass is 32.2. The van der Waals surface area contributed by atoms with Crippen LogP contribution < -0.4 is 14.8 Å². The Kier molecular flexibility index (Phi) is 5.02. The molecule has 0 aliphatic heterocycles. The van der Waals surface area contributed by atoms with E-state index in [9.17, 15) is 13.2 Å². The Morgan fingerprint density at radius 2 is 1.95 bits per heavy atom. The van der Waals surface area contributed by atoms with E-state index in [0.29, 0.717) is 24.4 Å². The van der Waals surface area contributed by atoms with Crippen molar-refractivity contribution in [1.29, 1.82) is 0 Å². The van der Waals surface area contributed by atoms with Gasteiger partial charge in [0, 0.05) is 6.07 Å². The van der Waals surface area contributed by atoms with Gasteiger partial charge in [0.1, 0.15) is 5.54 Å². The van der Waals surface area contributed by atoms with Crippen LogP contribution in [0.15, 0.2) is 18.3 Å². The van der Waals surface area contributed by atoms with Gasteiger partial charge in [-0.25, -0.2) is 13.4 Å². The number of hydrogen-bond donors (Lipinski definition) is 2. The maximum absolute atomic E-state index is 12.6. The Morgan fingerprint density at radius 3 is 2.45 bits per heavy atom. The van der Waals surface area contributed by atoms with Crippen molar-refractivity contribution in [3.8, 4) is 5.88 Å². The van der Waals surface area contributed by atoms with Gasteiger partial charge in [0.15, 0.2) is 0 Å². The standard InChI is InChI=1S/C14H21N3O4S/c1-21-12-7-6-11(10-15-12)16-13(18)14(17-22(2,19)20)8-4-3-5-9-14/h6-7,10,17H,3-5,8-9H2,1-2H3,(H,16,18). The number of carbonyl (C=O) groups excluding carboxylic acids is 1. The third-order valence-electron chi connectivity index (χ3n) is 3.73. The molecule has 122 valence electrons. The average molecular weight is 327 g/mol. The summed E-state index contributed by atoms with van der Waals surface area (Å²) in [6.45, 7) is 0. The number of nitrogens with zero attached hydrogens (tertiary/aromatic N) is 1. The lowest BCUT2D eigenvalue weighted by Crippen LogP contribution is -2.57. The minimum atomic E-state index is -3.48. The molecule has 1 aliphatic carbocycles. The lowest BCUT2D eigenvalue weighted by Gasteiger charge is -2.35. The fourth-order valence-electron chi connectivity index (χ4n) is 2.71. The number of methoxy groups -OCH3 is 1. The summed E-state index contributed by atoms with van der Waals surface area (Å²) < 4.78 is 30.7. The topological polar surface area (TPSA) is 97.4 Å². The Balaban J connectivity index is 2.17. The van der Waals surface area contributed by atoms with Gasteiger partial charge >= 0.3 is 0 Å². The van der Waals surface area contributed by atoms with Crippen molar-refractivity contribution in [3.63, 3.8) is 0 Å². The van der Waals surface area contributed by atoms with Crippen LogP contribution >= 0.6 is 0 Å². The molecule has 0 unspecified atom stereocenters. The van der Waals surface area contributed by atoms with Gasteiger partial charge < -0.3 is 10.1 Å². The van der Waals surface area contributed by atoms with Crippen LogP contribution in [0.5, 0.6) is 5.88 Å². The Hall–Kier alpha value is -1.67. The summed E-state index contributed by atoms with van der Waals surface area (Å²) in [5.41, 5.74) is -0.572. The molecule has 7 nitrogen and oxygen atoms in total. The van der Waals surface area contributed by atoms with Gasteiger partial charge in [-0.3, -0.25) is 4.79 Å². The van der Waals surface area contributed by atoms with Crippen molar-refractivity contribution in [3.05, 3.63) is 18.3 Å². The Morgan fingerprint density at radius 1 is 1.27 bits per heavy atom. The number of rotatable bonds is 5. The molecule has 0 aromatic carbocycles. The van der Waals surface area contributed by atoms with Gasteiger partial charge in [-0.2, -0.15) is 4.72 Å². The van der Waals surface area contributed by atoms with Crippen molar-refractivity contribution < 1.29 is 17.9 Å². The summed E-state index contributed by atoms with van der Waals surface area (Å²) in [6.07, 6.45) is 6.18. The summed E-state index contributed by atoms with van der Waals surface area (Å²) >= 11 is 0. The van der Waals surface area contributed by atoms with Crippen molar-refractivity contribution in [2.75, 3.05) is 18.7 Å². The van der Waals surface area contributed by atoms with E-state index in [1.165, 1.54) is 13.3 Å². The van der Waals surface area contributed by atoms with E-state index in [1.54, 1.807) is 12.1 Å². The minimum absolute atomic E-state index is 0.343. The van der Waals surface area contributed by atoms with Gasteiger partial charge in [-0.1, -0.05) is 19.3 Å². The molecule has 1 fully saturated rings. The van der Waals surface area contributed by atoms with Crippen molar-refractivity contribution >= 4 is 21.6 Å². The van der Waals surface area contributed by atoms with Crippen LogP contribution in [-0.4, -0.2) is 38.2 Å². The summed E-state index contributed by atoms with van der Waals surface area (Å²) in [7, 11) is -1.97.